The van der Waals surface area contributed by atoms with Crippen molar-refractivity contribution in [1.82, 2.24) is 5.06 Å². The lowest BCUT2D eigenvalue weighted by molar-refractivity contribution is -0.385. The van der Waals surface area contributed by atoms with Crippen LogP contribution in [0.4, 0.5) is 5.69 Å². The molecule has 0 atom stereocenters. The van der Waals surface area contributed by atoms with Gasteiger partial charge in [0.25, 0.3) is 5.91 Å². The second kappa shape index (κ2) is 6.68. The van der Waals surface area contributed by atoms with E-state index in [-0.39, 0.29) is 12.2 Å². The fraction of sp³-hybridized carbons (Fsp3) is 0.133. The highest BCUT2D eigenvalue weighted by molar-refractivity contribution is 5.97. The van der Waals surface area contributed by atoms with Crippen LogP contribution in [0.25, 0.3) is 0 Å². The molecule has 2 aromatic rings. The second-order valence-electron chi connectivity index (χ2n) is 4.49. The summed E-state index contributed by atoms with van der Waals surface area (Å²) in [4.78, 5) is 27.5. The summed E-state index contributed by atoms with van der Waals surface area (Å²) in [5.74, 6) is -1.34. The molecule has 0 aliphatic heterocycles. The number of phenols is 1. The normalized spacial score (nSPS) is 10.2. The Kier molecular flexibility index (Phi) is 4.70. The predicted octanol–water partition coefficient (Wildman–Crippen LogP) is 2.50. The number of para-hydroxylation sites is 1. The third-order valence-corrected chi connectivity index (χ3v) is 3.00. The number of rotatable bonds is 5. The summed E-state index contributed by atoms with van der Waals surface area (Å²) >= 11 is 0. The number of hydroxylamine groups is 2. The third kappa shape index (κ3) is 3.39. The summed E-state index contributed by atoms with van der Waals surface area (Å²) in [6.07, 6.45) is 0. The number of nitrogens with zero attached hydrogens (tertiary/aromatic N) is 2. The van der Waals surface area contributed by atoms with E-state index in [1.54, 1.807) is 0 Å². The number of carbonyl (C=O) groups is 1. The van der Waals surface area contributed by atoms with Gasteiger partial charge >= 0.3 is 5.69 Å². The molecule has 114 valence electrons. The van der Waals surface area contributed by atoms with Crippen molar-refractivity contribution in [2.45, 2.75) is 6.61 Å². The lowest BCUT2D eigenvalue weighted by atomic mass is 10.1. The smallest absolute Gasteiger partial charge is 0.311 e. The molecule has 0 heterocycles. The van der Waals surface area contributed by atoms with Gasteiger partial charge in [-0.3, -0.25) is 19.7 Å². The van der Waals surface area contributed by atoms with Gasteiger partial charge in [0.05, 0.1) is 10.5 Å². The first kappa shape index (κ1) is 15.5. The molecule has 0 saturated heterocycles. The SMILES string of the molecule is CN(OCc1ccccc1)C(=O)c1cccc([N+](=O)[O-])c1O. The Bertz CT molecular complexity index is 688. The van der Waals surface area contributed by atoms with Crippen LogP contribution in [0.2, 0.25) is 0 Å². The largest absolute Gasteiger partial charge is 0.502 e. The van der Waals surface area contributed by atoms with Crippen LogP contribution in [0, 0.1) is 10.1 Å². The van der Waals surface area contributed by atoms with Crippen molar-refractivity contribution in [3.63, 3.8) is 0 Å². The maximum atomic E-state index is 12.2. The average molecular weight is 302 g/mol. The van der Waals surface area contributed by atoms with Gasteiger partial charge in [-0.2, -0.15) is 0 Å². The maximum absolute atomic E-state index is 12.2. The lowest BCUT2D eigenvalue weighted by Gasteiger charge is -2.17. The Hall–Kier alpha value is -2.93. The zero-order valence-corrected chi connectivity index (χ0v) is 11.8. The quantitative estimate of drug-likeness (QED) is 0.676. The standard InChI is InChI=1S/C15H14N2O5/c1-16(22-10-11-6-3-2-4-7-11)15(19)12-8-5-9-13(14(12)18)17(20)21/h2-9,18H,10H2,1H3. The third-order valence-electron chi connectivity index (χ3n) is 3.00. The number of aromatic hydroxyl groups is 1. The summed E-state index contributed by atoms with van der Waals surface area (Å²) in [7, 11) is 1.38. The van der Waals surface area contributed by atoms with E-state index >= 15 is 0 Å². The molecule has 0 aliphatic carbocycles. The monoisotopic (exact) mass is 302 g/mol. The zero-order chi connectivity index (χ0) is 16.1. The minimum atomic E-state index is -0.753. The molecule has 2 rings (SSSR count). The van der Waals surface area contributed by atoms with Crippen molar-refractivity contribution < 1.29 is 19.7 Å². The van der Waals surface area contributed by atoms with Crippen LogP contribution in [0.3, 0.4) is 0 Å². The molecule has 0 radical (unpaired) electrons. The van der Waals surface area contributed by atoms with Gasteiger partial charge in [0.2, 0.25) is 5.75 Å². The number of amides is 1. The van der Waals surface area contributed by atoms with Crippen LogP contribution in [0.5, 0.6) is 5.75 Å². The minimum absolute atomic E-state index is 0.165. The van der Waals surface area contributed by atoms with Crippen LogP contribution in [-0.4, -0.2) is 28.0 Å². The first-order valence-electron chi connectivity index (χ1n) is 6.42. The molecule has 0 fully saturated rings. The molecule has 1 N–H and O–H groups in total. The molecular weight excluding hydrogens is 288 g/mol. The van der Waals surface area contributed by atoms with Crippen molar-refractivity contribution in [3.05, 3.63) is 69.8 Å². The topological polar surface area (TPSA) is 92.9 Å². The molecule has 0 bridgehead atoms. The predicted molar refractivity (Wildman–Crippen MR) is 78.1 cm³/mol. The van der Waals surface area contributed by atoms with Gasteiger partial charge in [-0.25, -0.2) is 5.06 Å². The van der Waals surface area contributed by atoms with Gasteiger partial charge in [-0.1, -0.05) is 36.4 Å². The number of nitro groups is 1. The highest BCUT2D eigenvalue weighted by atomic mass is 16.7. The van der Waals surface area contributed by atoms with Crippen LogP contribution in [0.1, 0.15) is 15.9 Å². The molecule has 0 aliphatic rings. The molecule has 0 unspecified atom stereocenters. The van der Waals surface area contributed by atoms with Crippen LogP contribution in [-0.2, 0) is 11.4 Å². The number of carbonyl (C=O) groups excluding carboxylic acids is 1. The van der Waals surface area contributed by atoms with Gasteiger partial charge in [0, 0.05) is 13.1 Å². The molecule has 0 saturated carbocycles. The minimum Gasteiger partial charge on any atom is -0.502 e. The van der Waals surface area contributed by atoms with E-state index in [1.165, 1.54) is 19.2 Å². The van der Waals surface area contributed by atoms with Crippen molar-refractivity contribution in [3.8, 4) is 5.75 Å². The molecule has 7 heteroatoms. The average Bonchev–Trinajstić information content (AvgIpc) is 2.53. The molecule has 0 aromatic heterocycles. The fourth-order valence-electron chi connectivity index (χ4n) is 1.83. The number of nitro benzene ring substituents is 1. The fourth-order valence-corrected chi connectivity index (χ4v) is 1.83. The summed E-state index contributed by atoms with van der Waals surface area (Å²) < 4.78 is 0. The van der Waals surface area contributed by atoms with Crippen molar-refractivity contribution >= 4 is 11.6 Å². The van der Waals surface area contributed by atoms with E-state index < -0.39 is 22.3 Å². The number of hydrogen-bond donors (Lipinski definition) is 1. The molecule has 22 heavy (non-hydrogen) atoms. The van der Waals surface area contributed by atoms with Crippen LogP contribution < -0.4 is 0 Å². The number of phenolic OH excluding ortho intramolecular Hbond substituents is 1. The Morgan fingerprint density at radius 2 is 1.91 bits per heavy atom. The van der Waals surface area contributed by atoms with E-state index in [0.29, 0.717) is 0 Å². The summed E-state index contributed by atoms with van der Waals surface area (Å²) in [5.41, 5.74) is 0.150. The van der Waals surface area contributed by atoms with Crippen LogP contribution >= 0.6 is 0 Å². The Morgan fingerprint density at radius 3 is 2.55 bits per heavy atom. The highest BCUT2D eigenvalue weighted by Crippen LogP contribution is 2.30. The Balaban J connectivity index is 2.11. The van der Waals surface area contributed by atoms with Gasteiger partial charge in [-0.15, -0.1) is 0 Å². The Labute approximate surface area is 126 Å². The van der Waals surface area contributed by atoms with E-state index in [1.807, 2.05) is 30.3 Å². The van der Waals surface area contributed by atoms with E-state index in [0.717, 1.165) is 16.7 Å². The molecule has 7 nitrogen and oxygen atoms in total. The second-order valence-corrected chi connectivity index (χ2v) is 4.49. The summed E-state index contributed by atoms with van der Waals surface area (Å²) in [6.45, 7) is 0.165. The van der Waals surface area contributed by atoms with Gasteiger partial charge < -0.3 is 5.11 Å². The summed E-state index contributed by atoms with van der Waals surface area (Å²) in [5, 5.41) is 21.5. The maximum Gasteiger partial charge on any atom is 0.311 e. The molecule has 2 aromatic carbocycles. The highest BCUT2D eigenvalue weighted by Gasteiger charge is 2.23. The van der Waals surface area contributed by atoms with Gasteiger partial charge in [-0.05, 0) is 11.6 Å². The molecule has 1 amide bonds. The molecule has 0 spiro atoms. The van der Waals surface area contributed by atoms with Crippen molar-refractivity contribution in [2.75, 3.05) is 7.05 Å². The van der Waals surface area contributed by atoms with Gasteiger partial charge in [0.15, 0.2) is 0 Å². The lowest BCUT2D eigenvalue weighted by Crippen LogP contribution is -2.27. The van der Waals surface area contributed by atoms with E-state index in [2.05, 4.69) is 0 Å². The zero-order valence-electron chi connectivity index (χ0n) is 11.8. The van der Waals surface area contributed by atoms with Crippen molar-refractivity contribution in [2.24, 2.45) is 0 Å². The molecular formula is C15H14N2O5. The van der Waals surface area contributed by atoms with E-state index in [9.17, 15) is 20.0 Å². The van der Waals surface area contributed by atoms with Crippen molar-refractivity contribution in [1.29, 1.82) is 0 Å². The number of hydrogen-bond acceptors (Lipinski definition) is 5. The Morgan fingerprint density at radius 1 is 1.23 bits per heavy atom. The first-order chi connectivity index (χ1) is 10.5. The van der Waals surface area contributed by atoms with Crippen LogP contribution in [0.15, 0.2) is 48.5 Å². The summed E-state index contributed by atoms with van der Waals surface area (Å²) in [6, 6.07) is 13.0. The van der Waals surface area contributed by atoms with Gasteiger partial charge in [0.1, 0.15) is 6.61 Å². The number of benzene rings is 2. The first-order valence-corrected chi connectivity index (χ1v) is 6.42. The van der Waals surface area contributed by atoms with E-state index in [4.69, 9.17) is 4.84 Å².